The quantitative estimate of drug-likeness (QED) is 0.407. The maximum atomic E-state index is 13.6. The Bertz CT molecular complexity index is 1240. The molecular weight excluding hydrogens is 514 g/mol. The summed E-state index contributed by atoms with van der Waals surface area (Å²) < 4.78 is 32.0. The average molecular weight is 558 g/mol. The fraction of sp³-hybridized carbons (Fsp3) is 0.533. The summed E-state index contributed by atoms with van der Waals surface area (Å²) in [7, 11) is -1.96. The van der Waals surface area contributed by atoms with Crippen LogP contribution in [0.25, 0.3) is 0 Å². The molecule has 2 aromatic carbocycles. The number of methoxy groups -OCH3 is 1. The number of hydrogen-bond donors (Lipinski definition) is 1. The lowest BCUT2D eigenvalue weighted by atomic mass is 9.95. The normalized spacial score (nSPS) is 14.9. The van der Waals surface area contributed by atoms with Crippen LogP contribution in [0, 0.1) is 13.8 Å². The molecule has 0 saturated heterocycles. The summed E-state index contributed by atoms with van der Waals surface area (Å²) in [6.45, 7) is 5.98. The Morgan fingerprint density at radius 3 is 2.46 bits per heavy atom. The molecule has 0 bridgehead atoms. The van der Waals surface area contributed by atoms with Gasteiger partial charge in [-0.15, -0.1) is 0 Å². The molecular formula is C30H43N3O5S. The van der Waals surface area contributed by atoms with Crippen LogP contribution in [0.4, 0.5) is 5.69 Å². The number of carbonyl (C=O) groups is 2. The van der Waals surface area contributed by atoms with Gasteiger partial charge in [0.1, 0.15) is 11.8 Å². The number of nitrogens with one attached hydrogen (secondary N) is 1. The minimum Gasteiger partial charge on any atom is -0.497 e. The minimum absolute atomic E-state index is 0.113. The van der Waals surface area contributed by atoms with Gasteiger partial charge in [-0.05, 0) is 74.9 Å². The summed E-state index contributed by atoms with van der Waals surface area (Å²) >= 11 is 0. The summed E-state index contributed by atoms with van der Waals surface area (Å²) in [6, 6.07) is 12.6. The number of hydrogen-bond acceptors (Lipinski definition) is 5. The van der Waals surface area contributed by atoms with E-state index in [4.69, 9.17) is 4.74 Å². The molecule has 0 heterocycles. The largest absolute Gasteiger partial charge is 0.497 e. The van der Waals surface area contributed by atoms with E-state index in [1.54, 1.807) is 18.9 Å². The summed E-state index contributed by atoms with van der Waals surface area (Å²) in [5.74, 6) is 0.321. The summed E-state index contributed by atoms with van der Waals surface area (Å²) in [5.41, 5.74) is 3.29. The van der Waals surface area contributed by atoms with Crippen LogP contribution < -0.4 is 14.4 Å². The molecule has 1 aliphatic carbocycles. The third-order valence-electron chi connectivity index (χ3n) is 7.39. The molecule has 214 valence electrons. The first-order valence-electron chi connectivity index (χ1n) is 13.8. The van der Waals surface area contributed by atoms with E-state index in [0.717, 1.165) is 42.4 Å². The molecule has 0 aliphatic heterocycles. The number of nitrogens with zero attached hydrogens (tertiary/aromatic N) is 2. The first-order valence-corrected chi connectivity index (χ1v) is 15.6. The van der Waals surface area contributed by atoms with Crippen molar-refractivity contribution in [3.8, 4) is 5.75 Å². The number of rotatable bonds is 12. The maximum absolute atomic E-state index is 13.6. The van der Waals surface area contributed by atoms with Gasteiger partial charge >= 0.3 is 0 Å². The van der Waals surface area contributed by atoms with Crippen LogP contribution in [-0.2, 0) is 26.2 Å². The lowest BCUT2D eigenvalue weighted by molar-refractivity contribution is -0.141. The lowest BCUT2D eigenvalue weighted by Crippen LogP contribution is -2.50. The van der Waals surface area contributed by atoms with E-state index in [9.17, 15) is 18.0 Å². The van der Waals surface area contributed by atoms with E-state index < -0.39 is 16.1 Å². The number of anilines is 1. The van der Waals surface area contributed by atoms with E-state index in [1.807, 2.05) is 56.3 Å². The van der Waals surface area contributed by atoms with Gasteiger partial charge in [-0.1, -0.05) is 43.5 Å². The minimum atomic E-state index is -3.55. The predicted octanol–water partition coefficient (Wildman–Crippen LogP) is 4.72. The first kappa shape index (κ1) is 30.5. The smallest absolute Gasteiger partial charge is 0.242 e. The molecule has 1 N–H and O–H groups in total. The summed E-state index contributed by atoms with van der Waals surface area (Å²) in [5, 5.41) is 3.14. The molecule has 9 heteroatoms. The number of ether oxygens (including phenoxy) is 1. The Morgan fingerprint density at radius 2 is 1.79 bits per heavy atom. The van der Waals surface area contributed by atoms with Crippen molar-refractivity contribution < 1.29 is 22.7 Å². The molecule has 3 rings (SSSR count). The second kappa shape index (κ2) is 13.8. The van der Waals surface area contributed by atoms with Crippen LogP contribution in [0.5, 0.6) is 5.75 Å². The highest BCUT2D eigenvalue weighted by atomic mass is 32.2. The number of benzene rings is 2. The van der Waals surface area contributed by atoms with Crippen LogP contribution in [0.1, 0.15) is 68.6 Å². The van der Waals surface area contributed by atoms with Gasteiger partial charge in [0.05, 0.1) is 19.1 Å². The number of aryl methyl sites for hydroxylation is 2. The second-order valence-electron chi connectivity index (χ2n) is 10.6. The summed E-state index contributed by atoms with van der Waals surface area (Å²) in [6.07, 6.45) is 6.93. The van der Waals surface area contributed by atoms with Crippen molar-refractivity contribution in [2.45, 2.75) is 84.3 Å². The topological polar surface area (TPSA) is 96.0 Å². The average Bonchev–Trinajstić information content (AvgIpc) is 2.90. The van der Waals surface area contributed by atoms with Crippen molar-refractivity contribution in [2.75, 3.05) is 24.2 Å². The molecule has 0 spiro atoms. The van der Waals surface area contributed by atoms with Gasteiger partial charge in [-0.25, -0.2) is 8.42 Å². The number of sulfonamides is 1. The van der Waals surface area contributed by atoms with Crippen LogP contribution in [0.15, 0.2) is 42.5 Å². The highest BCUT2D eigenvalue weighted by molar-refractivity contribution is 7.92. The molecule has 0 aromatic heterocycles. The van der Waals surface area contributed by atoms with E-state index in [0.29, 0.717) is 17.9 Å². The molecule has 0 radical (unpaired) electrons. The zero-order valence-electron chi connectivity index (χ0n) is 23.9. The molecule has 1 fully saturated rings. The number of amides is 2. The van der Waals surface area contributed by atoms with E-state index >= 15 is 0 Å². The van der Waals surface area contributed by atoms with E-state index in [1.165, 1.54) is 17.0 Å². The van der Waals surface area contributed by atoms with Crippen LogP contribution in [0.3, 0.4) is 0 Å². The number of carbonyl (C=O) groups excluding carboxylic acids is 2. The van der Waals surface area contributed by atoms with Gasteiger partial charge in [0.25, 0.3) is 0 Å². The highest BCUT2D eigenvalue weighted by Gasteiger charge is 2.28. The van der Waals surface area contributed by atoms with Crippen LogP contribution in [-0.4, -0.2) is 57.1 Å². The Morgan fingerprint density at radius 1 is 1.08 bits per heavy atom. The van der Waals surface area contributed by atoms with Gasteiger partial charge in [-0.2, -0.15) is 0 Å². The summed E-state index contributed by atoms with van der Waals surface area (Å²) in [4.78, 5) is 28.4. The lowest BCUT2D eigenvalue weighted by Gasteiger charge is -2.31. The van der Waals surface area contributed by atoms with Gasteiger partial charge in [0.15, 0.2) is 0 Å². The van der Waals surface area contributed by atoms with Gasteiger partial charge < -0.3 is 15.0 Å². The third-order valence-corrected chi connectivity index (χ3v) is 8.57. The second-order valence-corrected chi connectivity index (χ2v) is 12.5. The van der Waals surface area contributed by atoms with Crippen LogP contribution >= 0.6 is 0 Å². The van der Waals surface area contributed by atoms with Crippen molar-refractivity contribution in [3.63, 3.8) is 0 Å². The Kier molecular flexibility index (Phi) is 10.8. The van der Waals surface area contributed by atoms with Gasteiger partial charge in [-0.3, -0.25) is 13.9 Å². The van der Waals surface area contributed by atoms with Crippen molar-refractivity contribution in [1.82, 2.24) is 10.2 Å². The van der Waals surface area contributed by atoms with E-state index in [-0.39, 0.29) is 37.4 Å². The molecule has 1 aliphatic rings. The Balaban J connectivity index is 1.75. The first-order chi connectivity index (χ1) is 18.5. The third kappa shape index (κ3) is 8.71. The molecule has 1 unspecified atom stereocenters. The van der Waals surface area contributed by atoms with Crippen LogP contribution in [0.2, 0.25) is 0 Å². The predicted molar refractivity (Wildman–Crippen MR) is 155 cm³/mol. The van der Waals surface area contributed by atoms with Gasteiger partial charge in [0.2, 0.25) is 21.8 Å². The van der Waals surface area contributed by atoms with Gasteiger partial charge in [0, 0.05) is 25.6 Å². The van der Waals surface area contributed by atoms with Crippen molar-refractivity contribution in [1.29, 1.82) is 0 Å². The zero-order valence-corrected chi connectivity index (χ0v) is 24.7. The molecule has 1 saturated carbocycles. The van der Waals surface area contributed by atoms with Crippen molar-refractivity contribution in [3.05, 3.63) is 59.2 Å². The molecule has 39 heavy (non-hydrogen) atoms. The molecule has 8 nitrogen and oxygen atoms in total. The zero-order chi connectivity index (χ0) is 28.6. The van der Waals surface area contributed by atoms with Crippen molar-refractivity contribution >= 4 is 27.5 Å². The van der Waals surface area contributed by atoms with Crippen molar-refractivity contribution in [2.24, 2.45) is 0 Å². The fourth-order valence-corrected chi connectivity index (χ4v) is 6.10. The standard InChI is InChI=1S/C30H43N3O5S/c1-22-16-17-23(2)28(19-22)33(39(5,36)37)18-10-15-29(34)32(21-25-11-9-14-27(20-25)38-4)24(3)30(35)31-26-12-7-6-8-13-26/h9,11,14,16-17,19-20,24,26H,6-8,10,12-13,15,18,21H2,1-5H3,(H,31,35). The highest BCUT2D eigenvalue weighted by Crippen LogP contribution is 2.25. The maximum Gasteiger partial charge on any atom is 0.242 e. The Hall–Kier alpha value is -3.07. The SMILES string of the molecule is COc1cccc(CN(C(=O)CCCN(c2cc(C)ccc2C)S(C)(=O)=O)C(C)C(=O)NC2CCCCC2)c1. The molecule has 1 atom stereocenters. The van der Waals surface area contributed by atoms with E-state index in [2.05, 4.69) is 5.32 Å². The Labute approximate surface area is 233 Å². The molecule has 2 aromatic rings. The fourth-order valence-electron chi connectivity index (χ4n) is 5.09. The monoisotopic (exact) mass is 557 g/mol. The molecule has 2 amide bonds.